The zero-order chi connectivity index (χ0) is 25.3. The van der Waals surface area contributed by atoms with Crippen molar-refractivity contribution in [1.29, 1.82) is 0 Å². The third-order valence-electron chi connectivity index (χ3n) is 7.61. The van der Waals surface area contributed by atoms with Gasteiger partial charge in [0.05, 0.1) is 30.6 Å². The number of ether oxygens (including phenoxy) is 1. The lowest BCUT2D eigenvalue weighted by Crippen LogP contribution is -2.59. The van der Waals surface area contributed by atoms with Gasteiger partial charge in [0.15, 0.2) is 0 Å². The smallest absolute Gasteiger partial charge is 0.310 e. The van der Waals surface area contributed by atoms with Crippen LogP contribution >= 0.6 is 15.9 Å². The second-order valence-corrected chi connectivity index (χ2v) is 10.9. The Kier molecular flexibility index (Phi) is 7.68. The molecule has 2 bridgehead atoms. The van der Waals surface area contributed by atoms with Crippen LogP contribution in [-0.4, -0.2) is 86.1 Å². The summed E-state index contributed by atoms with van der Waals surface area (Å²) in [4.78, 5) is 43.2. The molecule has 1 spiro atoms. The molecule has 1 aromatic rings. The Morgan fingerprint density at radius 2 is 2.09 bits per heavy atom. The van der Waals surface area contributed by atoms with E-state index in [1.807, 2.05) is 37.3 Å². The molecular weight excluding hydrogens is 516 g/mol. The fourth-order valence-corrected chi connectivity index (χ4v) is 7.07. The second-order valence-electron chi connectivity index (χ2n) is 9.70. The number of alkyl halides is 1. The molecule has 7 atom stereocenters. The predicted molar refractivity (Wildman–Crippen MR) is 133 cm³/mol. The van der Waals surface area contributed by atoms with Crippen LogP contribution in [0.3, 0.4) is 0 Å². The lowest BCUT2D eigenvalue weighted by Gasteiger charge is -2.39. The van der Waals surface area contributed by atoms with Crippen molar-refractivity contribution < 1.29 is 29.3 Å². The summed E-state index contributed by atoms with van der Waals surface area (Å²) in [6.45, 7) is 6.27. The van der Waals surface area contributed by atoms with Gasteiger partial charge in [-0.1, -0.05) is 65.7 Å². The number of fused-ring (bicyclic) bond motifs is 1. The molecular formula is C26H33BrN2O6. The minimum Gasteiger partial charge on any atom is -0.481 e. The van der Waals surface area contributed by atoms with E-state index in [4.69, 9.17) is 4.74 Å². The van der Waals surface area contributed by atoms with Crippen LogP contribution in [0.15, 0.2) is 43.0 Å². The van der Waals surface area contributed by atoms with E-state index < -0.39 is 47.5 Å². The molecule has 2 amide bonds. The minimum absolute atomic E-state index is 0.284. The van der Waals surface area contributed by atoms with Crippen molar-refractivity contribution in [3.05, 3.63) is 48.6 Å². The van der Waals surface area contributed by atoms with Crippen molar-refractivity contribution in [2.45, 2.75) is 61.2 Å². The zero-order valence-corrected chi connectivity index (χ0v) is 21.5. The Bertz CT molecular complexity index is 974. The topological polar surface area (TPSA) is 107 Å². The molecule has 3 heterocycles. The van der Waals surface area contributed by atoms with Crippen LogP contribution in [0.25, 0.3) is 0 Å². The minimum atomic E-state index is -1.26. The molecule has 1 aromatic carbocycles. The fraction of sp³-hybridized carbons (Fsp3) is 0.577. The molecule has 190 valence electrons. The number of aliphatic carboxylic acids is 1. The molecule has 9 heteroatoms. The van der Waals surface area contributed by atoms with E-state index in [-0.39, 0.29) is 17.3 Å². The molecule has 0 saturated carbocycles. The maximum Gasteiger partial charge on any atom is 0.310 e. The van der Waals surface area contributed by atoms with E-state index in [1.54, 1.807) is 11.0 Å². The molecule has 3 saturated heterocycles. The molecule has 3 aliphatic rings. The number of nitrogens with zero attached hydrogens (tertiary/aromatic N) is 2. The maximum absolute atomic E-state index is 14.1. The van der Waals surface area contributed by atoms with Crippen LogP contribution in [0.2, 0.25) is 0 Å². The molecule has 3 aliphatic heterocycles. The number of rotatable bonds is 11. The first-order chi connectivity index (χ1) is 16.8. The first-order valence-electron chi connectivity index (χ1n) is 12.2. The number of carbonyl (C=O) groups excluding carboxylic acids is 2. The van der Waals surface area contributed by atoms with E-state index in [0.29, 0.717) is 25.9 Å². The van der Waals surface area contributed by atoms with Gasteiger partial charge in [0.2, 0.25) is 11.8 Å². The number of carbonyl (C=O) groups is 3. The highest BCUT2D eigenvalue weighted by Gasteiger charge is 2.77. The van der Waals surface area contributed by atoms with E-state index >= 15 is 0 Å². The number of aliphatic hydroxyl groups excluding tert-OH is 1. The number of hydrogen-bond acceptors (Lipinski definition) is 5. The highest BCUT2D eigenvalue weighted by molar-refractivity contribution is 9.09. The largest absolute Gasteiger partial charge is 0.481 e. The van der Waals surface area contributed by atoms with Crippen molar-refractivity contribution in [1.82, 2.24) is 9.80 Å². The van der Waals surface area contributed by atoms with Crippen molar-refractivity contribution in [3.8, 4) is 0 Å². The fourth-order valence-electron chi connectivity index (χ4n) is 6.13. The van der Waals surface area contributed by atoms with E-state index in [9.17, 15) is 24.6 Å². The summed E-state index contributed by atoms with van der Waals surface area (Å²) in [7, 11) is 0. The molecule has 3 unspecified atom stereocenters. The van der Waals surface area contributed by atoms with Gasteiger partial charge in [0.1, 0.15) is 11.6 Å². The summed E-state index contributed by atoms with van der Waals surface area (Å²) in [5.41, 5.74) is -0.348. The molecule has 3 fully saturated rings. The van der Waals surface area contributed by atoms with E-state index in [2.05, 4.69) is 22.5 Å². The Labute approximate surface area is 214 Å². The average molecular weight is 549 g/mol. The van der Waals surface area contributed by atoms with E-state index in [0.717, 1.165) is 18.4 Å². The van der Waals surface area contributed by atoms with E-state index in [1.165, 1.54) is 4.90 Å². The van der Waals surface area contributed by atoms with Crippen molar-refractivity contribution in [3.63, 3.8) is 0 Å². The van der Waals surface area contributed by atoms with Crippen molar-refractivity contribution >= 4 is 33.7 Å². The van der Waals surface area contributed by atoms with Gasteiger partial charge in [-0.05, 0) is 24.8 Å². The van der Waals surface area contributed by atoms with Gasteiger partial charge in [0, 0.05) is 17.9 Å². The first-order valence-corrected chi connectivity index (χ1v) is 13.1. The molecule has 8 nitrogen and oxygen atoms in total. The highest BCUT2D eigenvalue weighted by atomic mass is 79.9. The van der Waals surface area contributed by atoms with Crippen molar-refractivity contribution in [2.75, 3.05) is 19.7 Å². The Hall–Kier alpha value is -2.23. The summed E-state index contributed by atoms with van der Waals surface area (Å²) in [5, 5.41) is 20.4. The number of benzene rings is 1. The number of halogens is 1. The van der Waals surface area contributed by atoms with Gasteiger partial charge in [-0.15, -0.1) is 6.58 Å². The summed E-state index contributed by atoms with van der Waals surface area (Å²) >= 11 is 3.56. The predicted octanol–water partition coefficient (Wildman–Crippen LogP) is 2.24. The number of carboxylic acids is 1. The van der Waals surface area contributed by atoms with Gasteiger partial charge in [-0.3, -0.25) is 14.4 Å². The highest BCUT2D eigenvalue weighted by Crippen LogP contribution is 2.60. The van der Waals surface area contributed by atoms with Crippen LogP contribution in [0.1, 0.15) is 31.7 Å². The maximum atomic E-state index is 14.1. The lowest BCUT2D eigenvalue weighted by atomic mass is 9.70. The zero-order valence-electron chi connectivity index (χ0n) is 19.9. The summed E-state index contributed by atoms with van der Waals surface area (Å²) < 4.78 is 6.34. The van der Waals surface area contributed by atoms with Gasteiger partial charge in [-0.25, -0.2) is 0 Å². The van der Waals surface area contributed by atoms with Crippen LogP contribution in [0.5, 0.6) is 0 Å². The number of carboxylic acid groups (broad SMARTS) is 1. The summed E-state index contributed by atoms with van der Waals surface area (Å²) in [5.74, 6) is -3.85. The molecule has 35 heavy (non-hydrogen) atoms. The Balaban J connectivity index is 1.79. The first kappa shape index (κ1) is 25.9. The second kappa shape index (κ2) is 10.4. The van der Waals surface area contributed by atoms with Crippen molar-refractivity contribution in [2.24, 2.45) is 11.8 Å². The monoisotopic (exact) mass is 548 g/mol. The summed E-state index contributed by atoms with van der Waals surface area (Å²) in [6, 6.07) is 7.73. The SMILES string of the molecule is C=CCN(CCCC)C(=O)C1N([C@@H](CO)Cc2ccccc2)C(=O)[C@@H]2[C@H](C(=O)O)[C@H]3OC12CC3Br. The van der Waals surface area contributed by atoms with Gasteiger partial charge >= 0.3 is 5.97 Å². The average Bonchev–Trinajstić information content (AvgIpc) is 3.44. The van der Waals surface area contributed by atoms with Gasteiger partial charge in [-0.2, -0.15) is 0 Å². The Morgan fingerprint density at radius 1 is 1.37 bits per heavy atom. The summed E-state index contributed by atoms with van der Waals surface area (Å²) in [6.07, 6.45) is 3.32. The van der Waals surface area contributed by atoms with Gasteiger partial charge < -0.3 is 24.7 Å². The number of amides is 2. The van der Waals surface area contributed by atoms with Crippen LogP contribution < -0.4 is 0 Å². The number of aliphatic hydroxyl groups is 1. The normalized spacial score (nSPS) is 31.9. The van der Waals surface area contributed by atoms with Crippen LogP contribution in [-0.2, 0) is 25.5 Å². The molecule has 0 aromatic heterocycles. The third-order valence-corrected chi connectivity index (χ3v) is 8.45. The van der Waals surface area contributed by atoms with Crippen LogP contribution in [0.4, 0.5) is 0 Å². The molecule has 4 rings (SSSR count). The molecule has 0 radical (unpaired) electrons. The van der Waals surface area contributed by atoms with Crippen LogP contribution in [0, 0.1) is 11.8 Å². The number of unbranched alkanes of at least 4 members (excludes halogenated alkanes) is 1. The number of likely N-dealkylation sites (tertiary alicyclic amines) is 1. The molecule has 0 aliphatic carbocycles. The quantitative estimate of drug-likeness (QED) is 0.324. The lowest BCUT2D eigenvalue weighted by molar-refractivity contribution is -0.153. The third kappa shape index (κ3) is 4.32. The number of hydrogen-bond donors (Lipinski definition) is 2. The van der Waals surface area contributed by atoms with Gasteiger partial charge in [0.25, 0.3) is 0 Å². The molecule has 2 N–H and O–H groups in total. The Morgan fingerprint density at radius 3 is 2.69 bits per heavy atom. The standard InChI is InChI=1S/C26H33BrN2O6/c1-3-5-12-28(11-4-2)24(32)22-26-14-18(27)21(35-26)19(25(33)34)20(26)23(31)29(22)17(15-30)13-16-9-7-6-8-10-16/h4,6-10,17-22,30H,2-3,5,11-15H2,1H3,(H,33,34)/t17-,18?,19+,20+,21+,22?,26?/m1/s1.